The first kappa shape index (κ1) is 12.8. The van der Waals surface area contributed by atoms with Crippen LogP contribution in [0.25, 0.3) is 0 Å². The van der Waals surface area contributed by atoms with E-state index in [0.717, 1.165) is 18.6 Å². The van der Waals surface area contributed by atoms with Crippen molar-refractivity contribution >= 4 is 17.7 Å². The fourth-order valence-electron chi connectivity index (χ4n) is 1.69. The molecular formula is C11H21NO2S. The van der Waals surface area contributed by atoms with E-state index in [1.807, 2.05) is 6.26 Å². The van der Waals surface area contributed by atoms with Crippen LogP contribution in [0.2, 0.25) is 0 Å². The van der Waals surface area contributed by atoms with Crippen molar-refractivity contribution in [3.63, 3.8) is 0 Å². The smallest absolute Gasteiger partial charge is 0.223 e. The third-order valence-electron chi connectivity index (χ3n) is 3.07. The molecule has 0 aromatic carbocycles. The molecule has 2 N–H and O–H groups in total. The van der Waals surface area contributed by atoms with Crippen LogP contribution in [0.15, 0.2) is 0 Å². The summed E-state index contributed by atoms with van der Waals surface area (Å²) in [5.74, 6) is 1.24. The number of carbonyl (C=O) groups excluding carboxylic acids is 1. The molecule has 0 aromatic heterocycles. The lowest BCUT2D eigenvalue weighted by molar-refractivity contribution is -0.124. The zero-order valence-electron chi connectivity index (χ0n) is 9.75. The van der Waals surface area contributed by atoms with Crippen molar-refractivity contribution in [3.05, 3.63) is 0 Å². The van der Waals surface area contributed by atoms with Gasteiger partial charge in [-0.3, -0.25) is 4.79 Å². The Hall–Kier alpha value is -0.220. The number of hydrogen-bond donors (Lipinski definition) is 2. The molecule has 0 radical (unpaired) electrons. The fourth-order valence-corrected chi connectivity index (χ4v) is 2.21. The summed E-state index contributed by atoms with van der Waals surface area (Å²) in [6, 6.07) is -0.0682. The van der Waals surface area contributed by atoms with Crippen molar-refractivity contribution in [2.45, 2.75) is 32.7 Å². The van der Waals surface area contributed by atoms with Gasteiger partial charge in [-0.25, -0.2) is 0 Å². The lowest BCUT2D eigenvalue weighted by Gasteiger charge is -2.16. The van der Waals surface area contributed by atoms with E-state index < -0.39 is 0 Å². The Morgan fingerprint density at radius 1 is 1.67 bits per heavy atom. The second kappa shape index (κ2) is 5.21. The van der Waals surface area contributed by atoms with E-state index in [1.54, 1.807) is 11.8 Å². The lowest BCUT2D eigenvalue weighted by atomic mass is 10.1. The van der Waals surface area contributed by atoms with Crippen molar-refractivity contribution < 1.29 is 9.90 Å². The standard InChI is InChI=1S/C11H21NO2S/c1-11(2)6-9(11)10(14)12-8(7-13)4-5-15-3/h8-9,13H,4-7H2,1-3H3,(H,12,14)/t8?,9-/m1/s1. The van der Waals surface area contributed by atoms with Crippen LogP contribution in [-0.2, 0) is 4.79 Å². The van der Waals surface area contributed by atoms with Gasteiger partial charge in [0, 0.05) is 5.92 Å². The van der Waals surface area contributed by atoms with Gasteiger partial charge < -0.3 is 10.4 Å². The summed E-state index contributed by atoms with van der Waals surface area (Å²) in [5, 5.41) is 12.0. The van der Waals surface area contributed by atoms with Gasteiger partial charge in [0.1, 0.15) is 0 Å². The molecule has 0 aliphatic heterocycles. The van der Waals surface area contributed by atoms with Gasteiger partial charge in [-0.2, -0.15) is 11.8 Å². The molecule has 1 aliphatic rings. The largest absolute Gasteiger partial charge is 0.394 e. The summed E-state index contributed by atoms with van der Waals surface area (Å²) in [6.45, 7) is 4.25. The predicted octanol–water partition coefficient (Wildman–Crippen LogP) is 1.26. The van der Waals surface area contributed by atoms with E-state index in [9.17, 15) is 4.79 Å². The normalized spacial score (nSPS) is 24.7. The van der Waals surface area contributed by atoms with E-state index in [1.165, 1.54) is 0 Å². The number of nitrogens with one attached hydrogen (secondary N) is 1. The maximum atomic E-state index is 11.7. The van der Waals surface area contributed by atoms with Crippen LogP contribution in [-0.4, -0.2) is 35.7 Å². The molecule has 4 heteroatoms. The van der Waals surface area contributed by atoms with Crippen molar-refractivity contribution in [2.75, 3.05) is 18.6 Å². The average Bonchev–Trinajstić information content (AvgIpc) is 2.82. The van der Waals surface area contributed by atoms with E-state index in [-0.39, 0.29) is 29.9 Å². The van der Waals surface area contributed by atoms with E-state index in [0.29, 0.717) is 0 Å². The van der Waals surface area contributed by atoms with Crippen molar-refractivity contribution in [2.24, 2.45) is 11.3 Å². The highest BCUT2D eigenvalue weighted by Crippen LogP contribution is 2.51. The van der Waals surface area contributed by atoms with Crippen LogP contribution < -0.4 is 5.32 Å². The highest BCUT2D eigenvalue weighted by Gasteiger charge is 2.50. The topological polar surface area (TPSA) is 49.3 Å². The summed E-state index contributed by atoms with van der Waals surface area (Å²) >= 11 is 1.73. The van der Waals surface area contributed by atoms with Gasteiger partial charge in [-0.1, -0.05) is 13.8 Å². The van der Waals surface area contributed by atoms with Crippen molar-refractivity contribution in [1.29, 1.82) is 0 Å². The Kier molecular flexibility index (Phi) is 4.46. The van der Waals surface area contributed by atoms with Crippen LogP contribution in [0.5, 0.6) is 0 Å². The molecule has 1 aliphatic carbocycles. The molecule has 0 aromatic rings. The molecule has 1 unspecified atom stereocenters. The molecule has 0 saturated heterocycles. The molecule has 0 spiro atoms. The van der Waals surface area contributed by atoms with Crippen LogP contribution in [0.1, 0.15) is 26.7 Å². The van der Waals surface area contributed by atoms with Crippen molar-refractivity contribution in [3.8, 4) is 0 Å². The Balaban J connectivity index is 2.29. The maximum Gasteiger partial charge on any atom is 0.223 e. The maximum absolute atomic E-state index is 11.7. The summed E-state index contributed by atoms with van der Waals surface area (Å²) in [6.07, 6.45) is 3.84. The molecule has 3 nitrogen and oxygen atoms in total. The van der Waals surface area contributed by atoms with Gasteiger partial charge in [0.25, 0.3) is 0 Å². The van der Waals surface area contributed by atoms with E-state index in [2.05, 4.69) is 19.2 Å². The van der Waals surface area contributed by atoms with Gasteiger partial charge in [0.05, 0.1) is 12.6 Å². The zero-order valence-corrected chi connectivity index (χ0v) is 10.6. The molecule has 0 heterocycles. The summed E-state index contributed by atoms with van der Waals surface area (Å²) < 4.78 is 0. The van der Waals surface area contributed by atoms with Gasteiger partial charge in [0.2, 0.25) is 5.91 Å². The molecule has 0 bridgehead atoms. The second-order valence-electron chi connectivity index (χ2n) is 4.91. The Bertz CT molecular complexity index is 231. The minimum Gasteiger partial charge on any atom is -0.394 e. The second-order valence-corrected chi connectivity index (χ2v) is 5.90. The van der Waals surface area contributed by atoms with Gasteiger partial charge in [-0.15, -0.1) is 0 Å². The first-order valence-corrected chi connectivity index (χ1v) is 6.81. The monoisotopic (exact) mass is 231 g/mol. The SMILES string of the molecule is CSCCC(CO)NC(=O)[C@H]1CC1(C)C. The third kappa shape index (κ3) is 3.68. The number of thioether (sulfide) groups is 1. The molecule has 1 saturated carbocycles. The zero-order chi connectivity index (χ0) is 11.5. The highest BCUT2D eigenvalue weighted by atomic mass is 32.2. The molecule has 15 heavy (non-hydrogen) atoms. The predicted molar refractivity (Wildman–Crippen MR) is 63.9 cm³/mol. The van der Waals surface area contributed by atoms with Crippen LogP contribution in [0.3, 0.4) is 0 Å². The quantitative estimate of drug-likeness (QED) is 0.723. The minimum atomic E-state index is -0.0682. The average molecular weight is 231 g/mol. The van der Waals surface area contributed by atoms with Crippen LogP contribution in [0, 0.1) is 11.3 Å². The fraction of sp³-hybridized carbons (Fsp3) is 0.909. The number of aliphatic hydroxyl groups excluding tert-OH is 1. The van der Waals surface area contributed by atoms with Gasteiger partial charge >= 0.3 is 0 Å². The van der Waals surface area contributed by atoms with E-state index >= 15 is 0 Å². The molecule has 1 amide bonds. The van der Waals surface area contributed by atoms with Crippen LogP contribution in [0.4, 0.5) is 0 Å². The van der Waals surface area contributed by atoms with Crippen molar-refractivity contribution in [1.82, 2.24) is 5.32 Å². The number of aliphatic hydroxyl groups is 1. The lowest BCUT2D eigenvalue weighted by Crippen LogP contribution is -2.39. The third-order valence-corrected chi connectivity index (χ3v) is 3.71. The molecule has 2 atom stereocenters. The number of rotatable bonds is 6. The van der Waals surface area contributed by atoms with Gasteiger partial charge in [-0.05, 0) is 30.3 Å². The molecule has 1 fully saturated rings. The van der Waals surface area contributed by atoms with Crippen LogP contribution >= 0.6 is 11.8 Å². The summed E-state index contributed by atoms with van der Waals surface area (Å²) in [5.41, 5.74) is 0.170. The summed E-state index contributed by atoms with van der Waals surface area (Å²) in [7, 11) is 0. The Labute approximate surface area is 96.0 Å². The number of amides is 1. The number of hydrogen-bond acceptors (Lipinski definition) is 3. The first-order valence-electron chi connectivity index (χ1n) is 5.41. The van der Waals surface area contributed by atoms with Gasteiger partial charge in [0.15, 0.2) is 0 Å². The first-order chi connectivity index (χ1) is 7.01. The summed E-state index contributed by atoms with van der Waals surface area (Å²) in [4.78, 5) is 11.7. The minimum absolute atomic E-state index is 0.0411. The highest BCUT2D eigenvalue weighted by molar-refractivity contribution is 7.98. The molecule has 88 valence electrons. The number of carbonyl (C=O) groups is 1. The molecular weight excluding hydrogens is 210 g/mol. The molecule has 1 rings (SSSR count). The Morgan fingerprint density at radius 3 is 2.67 bits per heavy atom. The van der Waals surface area contributed by atoms with E-state index in [4.69, 9.17) is 5.11 Å². The Morgan fingerprint density at radius 2 is 2.27 bits per heavy atom.